The van der Waals surface area contributed by atoms with E-state index in [4.69, 9.17) is 17.0 Å². The lowest BCUT2D eigenvalue weighted by Crippen LogP contribution is -2.38. The summed E-state index contributed by atoms with van der Waals surface area (Å²) in [6.45, 7) is 8.89. The van der Waals surface area contributed by atoms with E-state index in [1.807, 2.05) is 27.7 Å². The van der Waals surface area contributed by atoms with Crippen LogP contribution in [0.3, 0.4) is 0 Å². The number of hydrogen-bond acceptors (Lipinski definition) is 4. The van der Waals surface area contributed by atoms with Gasteiger partial charge in [0, 0.05) is 31.9 Å². The lowest BCUT2D eigenvalue weighted by Gasteiger charge is -2.20. The van der Waals surface area contributed by atoms with E-state index in [1.165, 1.54) is 4.31 Å². The maximum Gasteiger partial charge on any atom is 0.243 e. The Labute approximate surface area is 150 Å². The molecule has 8 heteroatoms. The van der Waals surface area contributed by atoms with Gasteiger partial charge in [-0.2, -0.15) is 4.31 Å². The summed E-state index contributed by atoms with van der Waals surface area (Å²) in [7, 11) is -1.87. The lowest BCUT2D eigenvalue weighted by molar-refractivity contribution is 0.179. The zero-order valence-electron chi connectivity index (χ0n) is 14.9. The summed E-state index contributed by atoms with van der Waals surface area (Å²) in [5, 5.41) is 6.59. The first kappa shape index (κ1) is 20.8. The molecule has 0 spiro atoms. The molecule has 0 aromatic heterocycles. The van der Waals surface area contributed by atoms with Crippen LogP contribution in [0.2, 0.25) is 0 Å². The SMILES string of the molecule is CCN(CC)S(=O)(=O)c1ccc(C)c(NC(=S)NC(C)COC)c1. The molecule has 1 aromatic rings. The molecule has 0 aliphatic rings. The van der Waals surface area contributed by atoms with Gasteiger partial charge in [0.25, 0.3) is 0 Å². The Morgan fingerprint density at radius 1 is 1.33 bits per heavy atom. The van der Waals surface area contributed by atoms with Gasteiger partial charge < -0.3 is 15.4 Å². The molecule has 1 unspecified atom stereocenters. The maximum atomic E-state index is 12.6. The number of hydrogen-bond donors (Lipinski definition) is 2. The molecular formula is C16H27N3O3S2. The van der Waals surface area contributed by atoms with Gasteiger partial charge in [0.1, 0.15) is 0 Å². The molecule has 0 fully saturated rings. The van der Waals surface area contributed by atoms with Crippen LogP contribution in [0.15, 0.2) is 23.1 Å². The summed E-state index contributed by atoms with van der Waals surface area (Å²) in [5.74, 6) is 0. The standard InChI is InChI=1S/C16H27N3O3S2/c1-6-19(7-2)24(20,21)14-9-8-12(3)15(10-14)18-16(23)17-13(4)11-22-5/h8-10,13H,6-7,11H2,1-5H3,(H2,17,18,23). The highest BCUT2D eigenvalue weighted by Crippen LogP contribution is 2.23. The highest BCUT2D eigenvalue weighted by molar-refractivity contribution is 7.89. The van der Waals surface area contributed by atoms with Crippen LogP contribution in [0.4, 0.5) is 5.69 Å². The number of aryl methyl sites for hydroxylation is 1. The molecule has 2 N–H and O–H groups in total. The minimum Gasteiger partial charge on any atom is -0.383 e. The van der Waals surface area contributed by atoms with Gasteiger partial charge in [-0.15, -0.1) is 0 Å². The molecule has 0 aliphatic carbocycles. The van der Waals surface area contributed by atoms with Crippen LogP contribution in [0.1, 0.15) is 26.3 Å². The van der Waals surface area contributed by atoms with E-state index in [1.54, 1.807) is 25.3 Å². The molecule has 0 amide bonds. The van der Waals surface area contributed by atoms with E-state index in [-0.39, 0.29) is 10.9 Å². The van der Waals surface area contributed by atoms with Gasteiger partial charge in [-0.3, -0.25) is 0 Å². The highest BCUT2D eigenvalue weighted by atomic mass is 32.2. The molecule has 1 rings (SSSR count). The number of methoxy groups -OCH3 is 1. The van der Waals surface area contributed by atoms with Gasteiger partial charge in [0.05, 0.1) is 11.5 Å². The zero-order valence-corrected chi connectivity index (χ0v) is 16.6. The second-order valence-corrected chi connectivity index (χ2v) is 7.87. The molecule has 24 heavy (non-hydrogen) atoms. The average Bonchev–Trinajstić information content (AvgIpc) is 2.50. The van der Waals surface area contributed by atoms with E-state index < -0.39 is 10.0 Å². The average molecular weight is 374 g/mol. The van der Waals surface area contributed by atoms with Crippen LogP contribution in [0.25, 0.3) is 0 Å². The molecule has 0 heterocycles. The number of ether oxygens (including phenoxy) is 1. The molecular weight excluding hydrogens is 346 g/mol. The van der Waals surface area contributed by atoms with Crippen LogP contribution >= 0.6 is 12.2 Å². The normalized spacial score (nSPS) is 12.9. The van der Waals surface area contributed by atoms with Gasteiger partial charge in [-0.05, 0) is 43.8 Å². The van der Waals surface area contributed by atoms with Crippen LogP contribution < -0.4 is 10.6 Å². The van der Waals surface area contributed by atoms with Crippen molar-refractivity contribution in [1.82, 2.24) is 9.62 Å². The predicted molar refractivity (Wildman–Crippen MR) is 102 cm³/mol. The smallest absolute Gasteiger partial charge is 0.243 e. The fourth-order valence-electron chi connectivity index (χ4n) is 2.28. The predicted octanol–water partition coefficient (Wildman–Crippen LogP) is 2.35. The molecule has 0 saturated carbocycles. The van der Waals surface area contributed by atoms with Crippen molar-refractivity contribution in [2.75, 3.05) is 32.1 Å². The Hall–Kier alpha value is -1.22. The summed E-state index contributed by atoms with van der Waals surface area (Å²) in [6, 6.07) is 5.08. The Balaban J connectivity index is 3.00. The topological polar surface area (TPSA) is 70.7 Å². The number of anilines is 1. The first-order valence-corrected chi connectivity index (χ1v) is 9.78. The Bertz CT molecular complexity index is 659. The van der Waals surface area contributed by atoms with Crippen LogP contribution in [-0.2, 0) is 14.8 Å². The van der Waals surface area contributed by atoms with Crippen molar-refractivity contribution in [3.63, 3.8) is 0 Å². The number of benzene rings is 1. The van der Waals surface area contributed by atoms with E-state index in [0.29, 0.717) is 30.5 Å². The van der Waals surface area contributed by atoms with Crippen molar-refractivity contribution in [2.24, 2.45) is 0 Å². The fraction of sp³-hybridized carbons (Fsp3) is 0.562. The molecule has 0 bridgehead atoms. The first-order chi connectivity index (χ1) is 11.3. The molecule has 136 valence electrons. The quantitative estimate of drug-likeness (QED) is 0.682. The second kappa shape index (κ2) is 9.31. The van der Waals surface area contributed by atoms with Crippen LogP contribution in [-0.4, -0.2) is 50.7 Å². The summed E-state index contributed by atoms with van der Waals surface area (Å²) in [4.78, 5) is 0.257. The van der Waals surface area contributed by atoms with E-state index >= 15 is 0 Å². The summed E-state index contributed by atoms with van der Waals surface area (Å²) < 4.78 is 31.8. The summed E-state index contributed by atoms with van der Waals surface area (Å²) >= 11 is 5.28. The first-order valence-electron chi connectivity index (χ1n) is 7.93. The molecule has 6 nitrogen and oxygen atoms in total. The van der Waals surface area contributed by atoms with Crippen molar-refractivity contribution in [3.05, 3.63) is 23.8 Å². The largest absolute Gasteiger partial charge is 0.383 e. The van der Waals surface area contributed by atoms with Gasteiger partial charge in [0.15, 0.2) is 5.11 Å². The van der Waals surface area contributed by atoms with E-state index in [2.05, 4.69) is 10.6 Å². The van der Waals surface area contributed by atoms with E-state index in [0.717, 1.165) is 5.56 Å². The summed E-state index contributed by atoms with van der Waals surface area (Å²) in [6.07, 6.45) is 0. The maximum absolute atomic E-state index is 12.6. The zero-order chi connectivity index (χ0) is 18.3. The third kappa shape index (κ3) is 5.41. The van der Waals surface area contributed by atoms with Crippen molar-refractivity contribution in [1.29, 1.82) is 0 Å². The van der Waals surface area contributed by atoms with Crippen molar-refractivity contribution in [3.8, 4) is 0 Å². The number of nitrogens with zero attached hydrogens (tertiary/aromatic N) is 1. The van der Waals surface area contributed by atoms with Gasteiger partial charge in [0.2, 0.25) is 10.0 Å². The lowest BCUT2D eigenvalue weighted by atomic mass is 10.2. The van der Waals surface area contributed by atoms with Crippen molar-refractivity contribution >= 4 is 33.0 Å². The molecule has 0 radical (unpaired) electrons. The fourth-order valence-corrected chi connectivity index (χ4v) is 4.08. The van der Waals surface area contributed by atoms with Gasteiger partial charge >= 0.3 is 0 Å². The second-order valence-electron chi connectivity index (χ2n) is 5.52. The third-order valence-electron chi connectivity index (χ3n) is 3.59. The van der Waals surface area contributed by atoms with Crippen LogP contribution in [0.5, 0.6) is 0 Å². The Kier molecular flexibility index (Phi) is 8.08. The van der Waals surface area contributed by atoms with Crippen LogP contribution in [0, 0.1) is 6.92 Å². The Morgan fingerprint density at radius 3 is 2.50 bits per heavy atom. The summed E-state index contributed by atoms with van der Waals surface area (Å²) in [5.41, 5.74) is 1.59. The number of sulfonamides is 1. The molecule has 0 saturated heterocycles. The minimum absolute atomic E-state index is 0.0536. The van der Waals surface area contributed by atoms with Crippen molar-refractivity contribution < 1.29 is 13.2 Å². The monoisotopic (exact) mass is 373 g/mol. The van der Waals surface area contributed by atoms with Gasteiger partial charge in [-0.1, -0.05) is 19.9 Å². The highest BCUT2D eigenvalue weighted by Gasteiger charge is 2.22. The molecule has 1 atom stereocenters. The molecule has 0 aliphatic heterocycles. The number of rotatable bonds is 8. The van der Waals surface area contributed by atoms with Crippen molar-refractivity contribution in [2.45, 2.75) is 38.6 Å². The molecule has 1 aromatic carbocycles. The number of nitrogens with one attached hydrogen (secondary N) is 2. The van der Waals surface area contributed by atoms with E-state index in [9.17, 15) is 8.42 Å². The Morgan fingerprint density at radius 2 is 1.96 bits per heavy atom. The minimum atomic E-state index is -3.50. The third-order valence-corrected chi connectivity index (χ3v) is 5.86. The number of thiocarbonyl (C=S) groups is 1. The van der Waals surface area contributed by atoms with Gasteiger partial charge in [-0.25, -0.2) is 8.42 Å².